The largest absolute Gasteiger partial charge is 0.342 e. The number of hydrogen-bond acceptors (Lipinski definition) is 2. The molecule has 1 aromatic rings. The Labute approximate surface area is 134 Å². The second-order valence-electron chi connectivity index (χ2n) is 7.20. The van der Waals surface area contributed by atoms with E-state index in [1.165, 1.54) is 18.4 Å². The first-order chi connectivity index (χ1) is 10.6. The Hall–Kier alpha value is -1.35. The molecule has 0 unspecified atom stereocenters. The molecule has 22 heavy (non-hydrogen) atoms. The molecule has 120 valence electrons. The summed E-state index contributed by atoms with van der Waals surface area (Å²) >= 11 is 0. The molecule has 2 aliphatic rings. The summed E-state index contributed by atoms with van der Waals surface area (Å²) < 4.78 is 0. The molecule has 3 heteroatoms. The van der Waals surface area contributed by atoms with E-state index in [1.54, 1.807) is 0 Å². The average Bonchev–Trinajstić information content (AvgIpc) is 2.51. The van der Waals surface area contributed by atoms with Crippen molar-refractivity contribution in [3.05, 3.63) is 35.9 Å². The second-order valence-corrected chi connectivity index (χ2v) is 7.20. The Balaban J connectivity index is 1.39. The quantitative estimate of drug-likeness (QED) is 0.926. The van der Waals surface area contributed by atoms with E-state index in [4.69, 9.17) is 0 Å². The van der Waals surface area contributed by atoms with Gasteiger partial charge in [0.05, 0.1) is 0 Å². The van der Waals surface area contributed by atoms with E-state index >= 15 is 0 Å². The second kappa shape index (κ2) is 6.82. The molecule has 0 aromatic heterocycles. The highest BCUT2D eigenvalue weighted by Crippen LogP contribution is 2.37. The van der Waals surface area contributed by atoms with Crippen LogP contribution >= 0.6 is 0 Å². The number of benzene rings is 1. The van der Waals surface area contributed by atoms with E-state index in [0.717, 1.165) is 31.8 Å². The molecule has 1 N–H and O–H groups in total. The smallest absolute Gasteiger partial charge is 0.225 e. The molecule has 3 rings (SSSR count). The summed E-state index contributed by atoms with van der Waals surface area (Å²) in [6.45, 7) is 5.82. The van der Waals surface area contributed by atoms with Crippen molar-refractivity contribution >= 4 is 5.91 Å². The van der Waals surface area contributed by atoms with Crippen molar-refractivity contribution in [2.45, 2.75) is 57.5 Å². The Morgan fingerprint density at radius 1 is 1.09 bits per heavy atom. The van der Waals surface area contributed by atoms with E-state index in [-0.39, 0.29) is 5.92 Å². The molecule has 2 fully saturated rings. The van der Waals surface area contributed by atoms with Gasteiger partial charge in [0, 0.05) is 31.1 Å². The van der Waals surface area contributed by atoms with Crippen LogP contribution in [0.2, 0.25) is 0 Å². The molecule has 0 radical (unpaired) electrons. The van der Waals surface area contributed by atoms with Gasteiger partial charge in [-0.05, 0) is 37.2 Å². The lowest BCUT2D eigenvalue weighted by Gasteiger charge is -2.41. The average molecular weight is 300 g/mol. The molecule has 0 spiro atoms. The molecule has 1 aromatic carbocycles. The molecule has 1 saturated heterocycles. The first-order valence-electron chi connectivity index (χ1n) is 8.73. The van der Waals surface area contributed by atoms with Crippen LogP contribution < -0.4 is 5.32 Å². The molecular weight excluding hydrogens is 272 g/mol. The molecular formula is C19H28N2O. The summed E-state index contributed by atoms with van der Waals surface area (Å²) in [5, 5.41) is 3.81. The zero-order chi connectivity index (χ0) is 15.5. The van der Waals surface area contributed by atoms with Gasteiger partial charge in [0.2, 0.25) is 5.91 Å². The van der Waals surface area contributed by atoms with Gasteiger partial charge in [-0.1, -0.05) is 44.2 Å². The third kappa shape index (κ3) is 3.52. The van der Waals surface area contributed by atoms with Gasteiger partial charge in [0.15, 0.2) is 0 Å². The van der Waals surface area contributed by atoms with Crippen molar-refractivity contribution in [3.8, 4) is 0 Å². The van der Waals surface area contributed by atoms with Gasteiger partial charge in [0.25, 0.3) is 0 Å². The van der Waals surface area contributed by atoms with Gasteiger partial charge in [-0.15, -0.1) is 0 Å². The monoisotopic (exact) mass is 300 g/mol. The fraction of sp³-hybridized carbons (Fsp3) is 0.632. The number of rotatable bonds is 4. The van der Waals surface area contributed by atoms with E-state index in [9.17, 15) is 4.79 Å². The highest BCUT2D eigenvalue weighted by Gasteiger charge is 2.33. The number of piperidine rings is 1. The summed E-state index contributed by atoms with van der Waals surface area (Å²) in [5.74, 6) is 1.18. The Morgan fingerprint density at radius 2 is 1.73 bits per heavy atom. The Morgan fingerprint density at radius 3 is 2.32 bits per heavy atom. The van der Waals surface area contributed by atoms with Crippen molar-refractivity contribution < 1.29 is 4.79 Å². The molecule has 3 nitrogen and oxygen atoms in total. The van der Waals surface area contributed by atoms with Crippen molar-refractivity contribution in [1.82, 2.24) is 10.2 Å². The number of likely N-dealkylation sites (tertiary alicyclic amines) is 1. The predicted molar refractivity (Wildman–Crippen MR) is 89.8 cm³/mol. The SMILES string of the molecule is CC(C)C(=O)N1CCC(NC2CC(c3ccccc3)C2)CC1. The molecule has 1 heterocycles. The highest BCUT2D eigenvalue weighted by molar-refractivity contribution is 5.78. The maximum atomic E-state index is 12.0. The topological polar surface area (TPSA) is 32.3 Å². The van der Waals surface area contributed by atoms with E-state index in [1.807, 2.05) is 18.7 Å². The number of carbonyl (C=O) groups excluding carboxylic acids is 1. The van der Waals surface area contributed by atoms with Gasteiger partial charge < -0.3 is 10.2 Å². The fourth-order valence-corrected chi connectivity index (χ4v) is 3.72. The van der Waals surface area contributed by atoms with Crippen LogP contribution in [0.4, 0.5) is 0 Å². The minimum atomic E-state index is 0.128. The first-order valence-corrected chi connectivity index (χ1v) is 8.73. The standard InChI is InChI=1S/C19H28N2O/c1-14(2)19(22)21-10-8-17(9-11-21)20-18-12-16(13-18)15-6-4-3-5-7-15/h3-7,14,16-18,20H,8-13H2,1-2H3. The van der Waals surface area contributed by atoms with Crippen LogP contribution in [0.25, 0.3) is 0 Å². The van der Waals surface area contributed by atoms with E-state index in [0.29, 0.717) is 18.0 Å². The lowest BCUT2D eigenvalue weighted by atomic mass is 9.75. The molecule has 1 saturated carbocycles. The number of nitrogens with one attached hydrogen (secondary N) is 1. The summed E-state index contributed by atoms with van der Waals surface area (Å²) in [5.41, 5.74) is 1.48. The zero-order valence-electron chi connectivity index (χ0n) is 13.8. The number of amides is 1. The van der Waals surface area contributed by atoms with Gasteiger partial charge in [0.1, 0.15) is 0 Å². The van der Waals surface area contributed by atoms with Crippen LogP contribution in [-0.4, -0.2) is 36.0 Å². The molecule has 0 atom stereocenters. The van der Waals surface area contributed by atoms with Crippen molar-refractivity contribution in [2.24, 2.45) is 5.92 Å². The van der Waals surface area contributed by atoms with Gasteiger partial charge in [-0.3, -0.25) is 4.79 Å². The zero-order valence-corrected chi connectivity index (χ0v) is 13.8. The predicted octanol–water partition coefficient (Wildman–Crippen LogP) is 3.17. The Bertz CT molecular complexity index is 485. The first kappa shape index (κ1) is 15.5. The van der Waals surface area contributed by atoms with Crippen LogP contribution in [0.1, 0.15) is 51.0 Å². The number of hydrogen-bond donors (Lipinski definition) is 1. The summed E-state index contributed by atoms with van der Waals surface area (Å²) in [7, 11) is 0. The minimum Gasteiger partial charge on any atom is -0.342 e. The van der Waals surface area contributed by atoms with Crippen molar-refractivity contribution in [1.29, 1.82) is 0 Å². The van der Waals surface area contributed by atoms with Crippen LogP contribution in [-0.2, 0) is 4.79 Å². The molecule has 1 amide bonds. The third-order valence-corrected chi connectivity index (χ3v) is 5.18. The van der Waals surface area contributed by atoms with E-state index in [2.05, 4.69) is 35.6 Å². The van der Waals surface area contributed by atoms with Crippen molar-refractivity contribution in [3.63, 3.8) is 0 Å². The normalized spacial score (nSPS) is 26.0. The fourth-order valence-electron chi connectivity index (χ4n) is 3.72. The molecule has 1 aliphatic carbocycles. The number of carbonyl (C=O) groups is 1. The van der Waals surface area contributed by atoms with Crippen LogP contribution in [0, 0.1) is 5.92 Å². The summed E-state index contributed by atoms with van der Waals surface area (Å²) in [6.07, 6.45) is 4.72. The van der Waals surface area contributed by atoms with E-state index < -0.39 is 0 Å². The summed E-state index contributed by atoms with van der Waals surface area (Å²) in [6, 6.07) is 12.1. The maximum Gasteiger partial charge on any atom is 0.225 e. The minimum absolute atomic E-state index is 0.128. The Kier molecular flexibility index (Phi) is 4.82. The molecule has 0 bridgehead atoms. The van der Waals surface area contributed by atoms with Crippen molar-refractivity contribution in [2.75, 3.05) is 13.1 Å². The van der Waals surface area contributed by atoms with Crippen LogP contribution in [0.3, 0.4) is 0 Å². The maximum absolute atomic E-state index is 12.0. The summed E-state index contributed by atoms with van der Waals surface area (Å²) in [4.78, 5) is 14.0. The van der Waals surface area contributed by atoms with Gasteiger partial charge in [-0.25, -0.2) is 0 Å². The number of nitrogens with zero attached hydrogens (tertiary/aromatic N) is 1. The molecule has 1 aliphatic heterocycles. The highest BCUT2D eigenvalue weighted by atomic mass is 16.2. The van der Waals surface area contributed by atoms with Crippen LogP contribution in [0.5, 0.6) is 0 Å². The van der Waals surface area contributed by atoms with Gasteiger partial charge in [-0.2, -0.15) is 0 Å². The lowest BCUT2D eigenvalue weighted by molar-refractivity contribution is -0.135. The van der Waals surface area contributed by atoms with Gasteiger partial charge >= 0.3 is 0 Å². The third-order valence-electron chi connectivity index (χ3n) is 5.18. The lowest BCUT2D eigenvalue weighted by Crippen LogP contribution is -2.51. The van der Waals surface area contributed by atoms with Crippen LogP contribution in [0.15, 0.2) is 30.3 Å².